The van der Waals surface area contributed by atoms with E-state index in [1.54, 1.807) is 6.20 Å². The predicted octanol–water partition coefficient (Wildman–Crippen LogP) is 3.25. The average molecular weight is 395 g/mol. The fourth-order valence-electron chi connectivity index (χ4n) is 4.31. The number of likely N-dealkylation sites (tertiary alicyclic amines) is 1. The van der Waals surface area contributed by atoms with Gasteiger partial charge in [0, 0.05) is 37.3 Å². The number of carbonyl (C=O) groups excluding carboxylic acids is 1. The van der Waals surface area contributed by atoms with Crippen molar-refractivity contribution < 1.29 is 4.79 Å². The van der Waals surface area contributed by atoms with E-state index in [2.05, 4.69) is 22.5 Å². The Balaban J connectivity index is 0.00000192. The Labute approximate surface area is 170 Å². The molecule has 3 aromatic rings. The predicted molar refractivity (Wildman–Crippen MR) is 112 cm³/mol. The minimum absolute atomic E-state index is 0. The molecule has 0 unspecified atom stereocenters. The van der Waals surface area contributed by atoms with Crippen molar-refractivity contribution in [3.8, 4) is 16.9 Å². The summed E-state index contributed by atoms with van der Waals surface area (Å²) in [6, 6.07) is 20.0. The van der Waals surface area contributed by atoms with Crippen molar-refractivity contribution in [3.63, 3.8) is 0 Å². The Kier molecular flexibility index (Phi) is 5.20. The number of halogens is 1. The zero-order valence-electron chi connectivity index (χ0n) is 15.5. The molecule has 6 heteroatoms. The minimum atomic E-state index is 0. The summed E-state index contributed by atoms with van der Waals surface area (Å²) in [5, 5.41) is 7.91. The second kappa shape index (κ2) is 7.78. The lowest BCUT2D eigenvalue weighted by atomic mass is 10.0. The standard InChI is InChI=1S/C22H22N4O.ClH/c27-22(25-14-18-12-23-13-19(18)15-25)17-7-4-8-20(11-17)26-21(9-10-24-26)16-5-2-1-3-6-16;/h1-11,18-19,23H,12-15H2;1H/t18-,19+;. The number of amides is 1. The van der Waals surface area contributed by atoms with Crippen LogP contribution in [0.2, 0.25) is 0 Å². The Morgan fingerprint density at radius 1 is 0.964 bits per heavy atom. The molecule has 3 heterocycles. The van der Waals surface area contributed by atoms with Gasteiger partial charge in [-0.1, -0.05) is 36.4 Å². The molecule has 5 rings (SSSR count). The number of aromatic nitrogens is 2. The summed E-state index contributed by atoms with van der Waals surface area (Å²) in [5.41, 5.74) is 3.76. The van der Waals surface area contributed by atoms with Gasteiger partial charge in [-0.2, -0.15) is 5.10 Å². The highest BCUT2D eigenvalue weighted by Gasteiger charge is 2.38. The Hall–Kier alpha value is -2.63. The summed E-state index contributed by atoms with van der Waals surface area (Å²) in [5.74, 6) is 1.33. The van der Waals surface area contributed by atoms with E-state index >= 15 is 0 Å². The minimum Gasteiger partial charge on any atom is -0.338 e. The smallest absolute Gasteiger partial charge is 0.253 e. The molecule has 2 aliphatic heterocycles. The van der Waals surface area contributed by atoms with E-state index in [4.69, 9.17) is 0 Å². The molecule has 1 N–H and O–H groups in total. The number of rotatable bonds is 3. The fourth-order valence-corrected chi connectivity index (χ4v) is 4.31. The summed E-state index contributed by atoms with van der Waals surface area (Å²) < 4.78 is 1.90. The first-order valence-electron chi connectivity index (χ1n) is 9.49. The number of nitrogens with one attached hydrogen (secondary N) is 1. The largest absolute Gasteiger partial charge is 0.338 e. The molecule has 5 nitrogen and oxygen atoms in total. The van der Waals surface area contributed by atoms with Crippen molar-refractivity contribution in [1.82, 2.24) is 20.0 Å². The molecule has 2 fully saturated rings. The molecule has 144 valence electrons. The Morgan fingerprint density at radius 2 is 1.71 bits per heavy atom. The van der Waals surface area contributed by atoms with Gasteiger partial charge < -0.3 is 10.2 Å². The van der Waals surface area contributed by atoms with E-state index in [0.717, 1.165) is 48.7 Å². The maximum atomic E-state index is 13.0. The number of benzene rings is 2. The van der Waals surface area contributed by atoms with E-state index < -0.39 is 0 Å². The second-order valence-electron chi connectivity index (χ2n) is 7.43. The first kappa shape index (κ1) is 18.7. The van der Waals surface area contributed by atoms with Gasteiger partial charge in [-0.15, -0.1) is 12.4 Å². The fraction of sp³-hybridized carbons (Fsp3) is 0.273. The van der Waals surface area contributed by atoms with Crippen molar-refractivity contribution >= 4 is 18.3 Å². The molecule has 0 bridgehead atoms. The van der Waals surface area contributed by atoms with Crippen LogP contribution in [0.15, 0.2) is 66.9 Å². The van der Waals surface area contributed by atoms with E-state index in [1.165, 1.54) is 0 Å². The van der Waals surface area contributed by atoms with Crippen molar-refractivity contribution in [2.75, 3.05) is 26.2 Å². The maximum Gasteiger partial charge on any atom is 0.253 e. The summed E-state index contributed by atoms with van der Waals surface area (Å²) in [6.45, 7) is 3.78. The Bertz CT molecular complexity index is 959. The normalized spacial score (nSPS) is 20.6. The number of carbonyl (C=O) groups is 1. The molecular weight excluding hydrogens is 372 g/mol. The lowest BCUT2D eigenvalue weighted by molar-refractivity contribution is 0.0781. The van der Waals surface area contributed by atoms with Crippen molar-refractivity contribution in [1.29, 1.82) is 0 Å². The summed E-state index contributed by atoms with van der Waals surface area (Å²) >= 11 is 0. The molecule has 0 spiro atoms. The summed E-state index contributed by atoms with van der Waals surface area (Å²) in [6.07, 6.45) is 1.80. The van der Waals surface area contributed by atoms with Gasteiger partial charge in [0.2, 0.25) is 0 Å². The zero-order chi connectivity index (χ0) is 18.2. The first-order chi connectivity index (χ1) is 13.3. The number of hydrogen-bond acceptors (Lipinski definition) is 3. The lowest BCUT2D eigenvalue weighted by Gasteiger charge is -2.18. The van der Waals surface area contributed by atoms with Gasteiger partial charge in [0.05, 0.1) is 17.6 Å². The van der Waals surface area contributed by atoms with Crippen molar-refractivity contribution in [2.45, 2.75) is 0 Å². The van der Waals surface area contributed by atoms with Crippen LogP contribution in [-0.2, 0) is 0 Å². The molecule has 0 saturated carbocycles. The monoisotopic (exact) mass is 394 g/mol. The van der Waals surface area contributed by atoms with E-state index in [1.807, 2.05) is 58.1 Å². The van der Waals surface area contributed by atoms with Gasteiger partial charge >= 0.3 is 0 Å². The third-order valence-corrected chi connectivity index (χ3v) is 5.73. The molecule has 0 aliphatic carbocycles. The summed E-state index contributed by atoms with van der Waals surface area (Å²) in [7, 11) is 0. The summed E-state index contributed by atoms with van der Waals surface area (Å²) in [4.78, 5) is 15.0. The van der Waals surface area contributed by atoms with Gasteiger partial charge in [0.15, 0.2) is 0 Å². The van der Waals surface area contributed by atoms with E-state index in [9.17, 15) is 4.79 Å². The van der Waals surface area contributed by atoms with Gasteiger partial charge in [-0.25, -0.2) is 4.68 Å². The number of hydrogen-bond donors (Lipinski definition) is 1. The average Bonchev–Trinajstić information content (AvgIpc) is 3.44. The van der Waals surface area contributed by atoms with Crippen molar-refractivity contribution in [3.05, 3.63) is 72.4 Å². The van der Waals surface area contributed by atoms with Crippen LogP contribution < -0.4 is 5.32 Å². The molecule has 1 aromatic heterocycles. The highest BCUT2D eigenvalue weighted by molar-refractivity contribution is 5.95. The molecule has 2 aliphatic rings. The van der Waals surface area contributed by atoms with Crippen molar-refractivity contribution in [2.24, 2.45) is 11.8 Å². The van der Waals surface area contributed by atoms with Gasteiger partial charge in [0.25, 0.3) is 5.91 Å². The zero-order valence-corrected chi connectivity index (χ0v) is 16.3. The van der Waals surface area contributed by atoms with Crippen LogP contribution >= 0.6 is 12.4 Å². The molecule has 2 aromatic carbocycles. The highest BCUT2D eigenvalue weighted by Crippen LogP contribution is 2.28. The maximum absolute atomic E-state index is 13.0. The lowest BCUT2D eigenvalue weighted by Crippen LogP contribution is -2.31. The van der Waals surface area contributed by atoms with Crippen LogP contribution in [-0.4, -0.2) is 46.8 Å². The van der Waals surface area contributed by atoms with Crippen LogP contribution in [0.3, 0.4) is 0 Å². The quantitative estimate of drug-likeness (QED) is 0.741. The third-order valence-electron chi connectivity index (χ3n) is 5.73. The number of fused-ring (bicyclic) bond motifs is 1. The van der Waals surface area contributed by atoms with Gasteiger partial charge in [-0.3, -0.25) is 4.79 Å². The highest BCUT2D eigenvalue weighted by atomic mass is 35.5. The topological polar surface area (TPSA) is 50.2 Å². The number of nitrogens with zero attached hydrogens (tertiary/aromatic N) is 3. The molecule has 2 saturated heterocycles. The molecule has 1 amide bonds. The van der Waals surface area contributed by atoms with Crippen LogP contribution in [0.1, 0.15) is 10.4 Å². The van der Waals surface area contributed by atoms with Crippen LogP contribution in [0.4, 0.5) is 0 Å². The van der Waals surface area contributed by atoms with Gasteiger partial charge in [0.1, 0.15) is 0 Å². The Morgan fingerprint density at radius 3 is 2.46 bits per heavy atom. The van der Waals surface area contributed by atoms with E-state index in [-0.39, 0.29) is 18.3 Å². The molecule has 28 heavy (non-hydrogen) atoms. The van der Waals surface area contributed by atoms with E-state index in [0.29, 0.717) is 11.8 Å². The van der Waals surface area contributed by atoms with Crippen LogP contribution in [0.5, 0.6) is 0 Å². The SMILES string of the molecule is Cl.O=C(c1cccc(-n2nccc2-c2ccccc2)c1)N1C[C@H]2CNC[C@H]2C1. The molecule has 0 radical (unpaired) electrons. The van der Waals surface area contributed by atoms with Crippen LogP contribution in [0.25, 0.3) is 16.9 Å². The van der Waals surface area contributed by atoms with Gasteiger partial charge in [-0.05, 0) is 36.1 Å². The third kappa shape index (κ3) is 3.32. The molecular formula is C22H23ClN4O. The molecule has 2 atom stereocenters. The second-order valence-corrected chi connectivity index (χ2v) is 7.43. The first-order valence-corrected chi connectivity index (χ1v) is 9.49. The van der Waals surface area contributed by atoms with Crippen LogP contribution in [0, 0.1) is 11.8 Å².